The van der Waals surface area contributed by atoms with Gasteiger partial charge in [-0.3, -0.25) is 0 Å². The molecule has 0 spiro atoms. The summed E-state index contributed by atoms with van der Waals surface area (Å²) in [6, 6.07) is 24.1. The summed E-state index contributed by atoms with van der Waals surface area (Å²) in [7, 11) is 0. The summed E-state index contributed by atoms with van der Waals surface area (Å²) in [6.07, 6.45) is 14.1. The van der Waals surface area contributed by atoms with E-state index in [1.54, 1.807) is 23.3 Å². The van der Waals surface area contributed by atoms with Crippen molar-refractivity contribution in [1.29, 1.82) is 0 Å². The van der Waals surface area contributed by atoms with E-state index in [0.29, 0.717) is 0 Å². The SMILES string of the molecule is Cc1[cH-]c2cccc(-c3cccc4ccccc34)c2c1C.Cl.Cl.[CH2-]C1CCCCC1.[CH2-]C1CCCCC1.[SiH2]=[Zr]. The topological polar surface area (TPSA) is 0 Å². The molecule has 0 bridgehead atoms. The van der Waals surface area contributed by atoms with Gasteiger partial charge in [0.25, 0.3) is 0 Å². The molecule has 6 rings (SSSR count). The van der Waals surface area contributed by atoms with Gasteiger partial charge in [-0.15, -0.1) is 59.3 Å². The van der Waals surface area contributed by atoms with Gasteiger partial charge >= 0.3 is 30.2 Å². The van der Waals surface area contributed by atoms with Crippen LogP contribution in [0.4, 0.5) is 0 Å². The van der Waals surface area contributed by atoms with Crippen LogP contribution >= 0.6 is 24.8 Å². The van der Waals surface area contributed by atoms with Gasteiger partial charge in [0.1, 0.15) is 0 Å². The van der Waals surface area contributed by atoms with Crippen molar-refractivity contribution in [1.82, 2.24) is 0 Å². The summed E-state index contributed by atoms with van der Waals surface area (Å²) in [5, 5.41) is 5.36. The van der Waals surface area contributed by atoms with Crippen molar-refractivity contribution in [3.63, 3.8) is 0 Å². The summed E-state index contributed by atoms with van der Waals surface area (Å²) >= 11 is 1.58. The number of aryl methyl sites for hydroxylation is 2. The van der Waals surface area contributed by atoms with Gasteiger partial charge in [0.15, 0.2) is 0 Å². The molecule has 0 aliphatic heterocycles. The number of halogens is 2. The van der Waals surface area contributed by atoms with E-state index in [4.69, 9.17) is 0 Å². The molecule has 0 atom stereocenters. The Labute approximate surface area is 267 Å². The maximum atomic E-state index is 4.00. The van der Waals surface area contributed by atoms with Crippen molar-refractivity contribution in [2.24, 2.45) is 11.8 Å². The Morgan fingerprint density at radius 1 is 0.667 bits per heavy atom. The van der Waals surface area contributed by atoms with Crippen LogP contribution in [0.25, 0.3) is 32.7 Å². The van der Waals surface area contributed by atoms with Gasteiger partial charge in [0, 0.05) is 0 Å². The zero-order valence-electron chi connectivity index (χ0n) is 24.0. The second kappa shape index (κ2) is 19.4. The number of benzene rings is 3. The van der Waals surface area contributed by atoms with E-state index in [1.165, 1.54) is 108 Å². The van der Waals surface area contributed by atoms with Crippen LogP contribution < -0.4 is 0 Å². The number of hydrogen-bond donors (Lipinski definition) is 0. The molecular formula is C35H47Cl2SiZr-3. The average Bonchev–Trinajstić information content (AvgIpc) is 3.24. The van der Waals surface area contributed by atoms with Gasteiger partial charge in [-0.05, 0) is 16.3 Å². The predicted octanol–water partition coefficient (Wildman–Crippen LogP) is 10.7. The van der Waals surface area contributed by atoms with Gasteiger partial charge in [-0.25, -0.2) is 0 Å². The van der Waals surface area contributed by atoms with Gasteiger partial charge in [0.05, 0.1) is 0 Å². The van der Waals surface area contributed by atoms with E-state index >= 15 is 0 Å². The zero-order chi connectivity index (χ0) is 26.6. The molecule has 0 radical (unpaired) electrons. The summed E-state index contributed by atoms with van der Waals surface area (Å²) < 4.78 is 0. The fourth-order valence-corrected chi connectivity index (χ4v) is 5.71. The molecule has 0 aromatic heterocycles. The zero-order valence-corrected chi connectivity index (χ0v) is 29.5. The molecule has 2 saturated carbocycles. The maximum absolute atomic E-state index is 4.00. The first-order valence-corrected chi connectivity index (χ1v) is 20.1. The number of fused-ring (bicyclic) bond motifs is 2. The van der Waals surface area contributed by atoms with Crippen molar-refractivity contribution in [3.8, 4) is 11.1 Å². The Balaban J connectivity index is 0.000000351. The van der Waals surface area contributed by atoms with Crippen LogP contribution in [0.15, 0.2) is 66.7 Å². The van der Waals surface area contributed by atoms with Gasteiger partial charge in [-0.2, -0.15) is 17.4 Å². The van der Waals surface area contributed by atoms with E-state index in [-0.39, 0.29) is 24.8 Å². The van der Waals surface area contributed by atoms with E-state index in [2.05, 4.69) is 94.4 Å². The molecule has 2 fully saturated rings. The summed E-state index contributed by atoms with van der Waals surface area (Å²) in [6.45, 7) is 14.4. The van der Waals surface area contributed by atoms with E-state index in [1.807, 2.05) is 6.88 Å². The van der Waals surface area contributed by atoms with Crippen LogP contribution in [0.1, 0.15) is 75.3 Å². The first-order valence-electron chi connectivity index (χ1n) is 14.2. The third-order valence-electron chi connectivity index (χ3n) is 7.96. The van der Waals surface area contributed by atoms with Crippen molar-refractivity contribution in [3.05, 3.63) is 91.7 Å². The Morgan fingerprint density at radius 2 is 1.15 bits per heavy atom. The van der Waals surface area contributed by atoms with Crippen LogP contribution in [-0.2, 0) is 23.3 Å². The first kappa shape index (κ1) is 36.2. The van der Waals surface area contributed by atoms with Crippen LogP contribution in [0.2, 0.25) is 0 Å². The summed E-state index contributed by atoms with van der Waals surface area (Å²) in [5.74, 6) is 1.57. The second-order valence-electron chi connectivity index (χ2n) is 10.8. The molecule has 0 heterocycles. The van der Waals surface area contributed by atoms with Crippen molar-refractivity contribution >= 4 is 53.2 Å². The monoisotopic (exact) mass is 655 g/mol. The normalized spacial score (nSPS) is 15.3. The quantitative estimate of drug-likeness (QED) is 0.141. The fraction of sp³-hybridized carbons (Fsp3) is 0.400. The molecule has 0 saturated heterocycles. The summed E-state index contributed by atoms with van der Waals surface area (Å²) in [4.78, 5) is 0. The third kappa shape index (κ3) is 10.5. The molecular weight excluding hydrogens is 611 g/mol. The predicted molar refractivity (Wildman–Crippen MR) is 179 cm³/mol. The van der Waals surface area contributed by atoms with Crippen LogP contribution in [0.3, 0.4) is 0 Å². The standard InChI is InChI=1S/C21H17.2C7H13.2ClH.H2Si.Zr/c1-14-13-17-9-6-12-20(21(17)15(14)2)19-11-5-8-16-7-3-4-10-18(16)19;2*1-7-5-3-2-4-6-7;;;;/h3-13H,1-2H3;2*7H,1-6H2;2*1H;1H2;/q3*-1;;;;. The average molecular weight is 658 g/mol. The molecule has 4 aromatic carbocycles. The minimum atomic E-state index is 0. The molecule has 39 heavy (non-hydrogen) atoms. The molecule has 0 unspecified atom stereocenters. The molecule has 2 aliphatic carbocycles. The van der Waals surface area contributed by atoms with Crippen LogP contribution in [0, 0.1) is 39.5 Å². The van der Waals surface area contributed by atoms with E-state index < -0.39 is 0 Å². The Kier molecular flexibility index (Phi) is 18.0. The Morgan fingerprint density at radius 3 is 1.69 bits per heavy atom. The van der Waals surface area contributed by atoms with Crippen molar-refractivity contribution < 1.29 is 23.3 Å². The van der Waals surface area contributed by atoms with Gasteiger partial charge in [-0.1, -0.05) is 132 Å². The summed E-state index contributed by atoms with van der Waals surface area (Å²) in [5.41, 5.74) is 5.44. The first-order chi connectivity index (χ1) is 18.0. The van der Waals surface area contributed by atoms with E-state index in [0.717, 1.165) is 11.8 Å². The molecule has 0 amide bonds. The molecule has 0 N–H and O–H groups in total. The van der Waals surface area contributed by atoms with Crippen molar-refractivity contribution in [2.75, 3.05) is 0 Å². The molecule has 212 valence electrons. The molecule has 4 aromatic rings. The molecule has 4 heteroatoms. The van der Waals surface area contributed by atoms with Gasteiger partial charge in [0.2, 0.25) is 0 Å². The number of hydrogen-bond acceptors (Lipinski definition) is 0. The van der Waals surface area contributed by atoms with Crippen molar-refractivity contribution in [2.45, 2.75) is 78.1 Å². The fourth-order valence-electron chi connectivity index (χ4n) is 5.71. The Hall–Kier alpha value is -0.790. The minimum absolute atomic E-state index is 0. The van der Waals surface area contributed by atoms with E-state index in [9.17, 15) is 0 Å². The molecule has 2 aliphatic rings. The molecule has 0 nitrogen and oxygen atoms in total. The third-order valence-corrected chi connectivity index (χ3v) is 7.96. The number of rotatable bonds is 1. The van der Waals surface area contributed by atoms with Crippen LogP contribution in [-0.4, -0.2) is 6.88 Å². The van der Waals surface area contributed by atoms with Gasteiger partial charge < -0.3 is 13.8 Å². The Bertz CT molecular complexity index is 1210. The second-order valence-corrected chi connectivity index (χ2v) is 10.8. The van der Waals surface area contributed by atoms with Crippen LogP contribution in [0.5, 0.6) is 0 Å².